The Bertz CT molecular complexity index is 910. The lowest BCUT2D eigenvalue weighted by molar-refractivity contribution is -0.117. The van der Waals surface area contributed by atoms with Crippen LogP contribution in [0.25, 0.3) is 0 Å². The van der Waals surface area contributed by atoms with Crippen LogP contribution < -0.4 is 5.32 Å². The highest BCUT2D eigenvalue weighted by molar-refractivity contribution is 7.88. The first-order valence-corrected chi connectivity index (χ1v) is 10.4. The van der Waals surface area contributed by atoms with Gasteiger partial charge >= 0.3 is 0 Å². The van der Waals surface area contributed by atoms with Crippen molar-refractivity contribution in [3.05, 3.63) is 65.7 Å². The number of carbonyl (C=O) groups excluding carboxylic acids is 1. The van der Waals surface area contributed by atoms with E-state index in [4.69, 9.17) is 0 Å². The summed E-state index contributed by atoms with van der Waals surface area (Å²) in [4.78, 5) is 13.9. The lowest BCUT2D eigenvalue weighted by atomic mass is 10.2. The molecule has 0 atom stereocenters. The number of hydrogen-bond acceptors (Lipinski definition) is 4. The molecule has 1 heterocycles. The molecule has 1 N–H and O–H groups in total. The molecule has 1 fully saturated rings. The summed E-state index contributed by atoms with van der Waals surface area (Å²) in [6.07, 6.45) is 0. The minimum Gasteiger partial charge on any atom is -0.325 e. The number of nitrogens with one attached hydrogen (secondary N) is 1. The Kier molecular flexibility index (Phi) is 6.38. The predicted octanol–water partition coefficient (Wildman–Crippen LogP) is 2.05. The number of amides is 1. The molecule has 150 valence electrons. The van der Waals surface area contributed by atoms with E-state index in [0.717, 1.165) is 23.8 Å². The van der Waals surface area contributed by atoms with Crippen molar-refractivity contribution in [1.29, 1.82) is 0 Å². The zero-order chi connectivity index (χ0) is 20.1. The highest BCUT2D eigenvalue weighted by Gasteiger charge is 2.27. The van der Waals surface area contributed by atoms with Crippen LogP contribution in [0.15, 0.2) is 48.5 Å². The molecule has 0 aromatic heterocycles. The van der Waals surface area contributed by atoms with Gasteiger partial charge < -0.3 is 5.32 Å². The van der Waals surface area contributed by atoms with Gasteiger partial charge in [0, 0.05) is 37.9 Å². The van der Waals surface area contributed by atoms with Crippen molar-refractivity contribution in [1.82, 2.24) is 9.21 Å². The van der Waals surface area contributed by atoms with E-state index in [0.29, 0.717) is 13.1 Å². The fourth-order valence-corrected chi connectivity index (χ4v) is 4.59. The lowest BCUT2D eigenvalue weighted by Gasteiger charge is -2.33. The number of rotatable bonds is 6. The summed E-state index contributed by atoms with van der Waals surface area (Å²) < 4.78 is 52.9. The van der Waals surface area contributed by atoms with Crippen molar-refractivity contribution < 1.29 is 22.0 Å². The van der Waals surface area contributed by atoms with Crippen LogP contribution in [0, 0.1) is 11.6 Å². The van der Waals surface area contributed by atoms with Crippen LogP contribution in [0.3, 0.4) is 0 Å². The molecule has 28 heavy (non-hydrogen) atoms. The molecule has 3 rings (SSSR count). The van der Waals surface area contributed by atoms with Gasteiger partial charge in [0.05, 0.1) is 12.3 Å². The minimum absolute atomic E-state index is 0.0186. The zero-order valence-corrected chi connectivity index (χ0v) is 16.0. The molecule has 0 aliphatic carbocycles. The first kappa shape index (κ1) is 20.4. The second-order valence-corrected chi connectivity index (χ2v) is 8.59. The van der Waals surface area contributed by atoms with Crippen LogP contribution in [-0.4, -0.2) is 56.3 Å². The van der Waals surface area contributed by atoms with Gasteiger partial charge in [-0.25, -0.2) is 17.2 Å². The summed E-state index contributed by atoms with van der Waals surface area (Å²) in [5.74, 6) is -2.01. The normalized spacial score (nSPS) is 16.1. The average molecular weight is 409 g/mol. The third-order valence-corrected chi connectivity index (χ3v) is 6.28. The van der Waals surface area contributed by atoms with Gasteiger partial charge in [-0.1, -0.05) is 30.3 Å². The Morgan fingerprint density at radius 3 is 2.18 bits per heavy atom. The summed E-state index contributed by atoms with van der Waals surface area (Å²) in [5, 5.41) is 2.45. The number of hydrogen-bond donors (Lipinski definition) is 1. The fraction of sp³-hybridized carbons (Fsp3) is 0.316. The molecule has 2 aromatic carbocycles. The molecular weight excluding hydrogens is 388 g/mol. The largest absolute Gasteiger partial charge is 0.325 e. The van der Waals surface area contributed by atoms with E-state index in [1.165, 1.54) is 4.31 Å². The van der Waals surface area contributed by atoms with Gasteiger partial charge in [-0.3, -0.25) is 9.69 Å². The van der Waals surface area contributed by atoms with E-state index < -0.39 is 27.6 Å². The molecule has 0 spiro atoms. The van der Waals surface area contributed by atoms with Crippen LogP contribution in [0.2, 0.25) is 0 Å². The monoisotopic (exact) mass is 409 g/mol. The molecular formula is C19H21F2N3O3S. The molecule has 1 aliphatic rings. The number of halogens is 2. The van der Waals surface area contributed by atoms with Gasteiger partial charge in [-0.15, -0.1) is 0 Å². The maximum absolute atomic E-state index is 13.2. The highest BCUT2D eigenvalue weighted by Crippen LogP contribution is 2.15. The van der Waals surface area contributed by atoms with Crippen molar-refractivity contribution in [2.75, 3.05) is 38.0 Å². The van der Waals surface area contributed by atoms with Crippen LogP contribution >= 0.6 is 0 Å². The van der Waals surface area contributed by atoms with Crippen molar-refractivity contribution in [3.8, 4) is 0 Å². The zero-order valence-electron chi connectivity index (χ0n) is 15.1. The predicted molar refractivity (Wildman–Crippen MR) is 102 cm³/mol. The van der Waals surface area contributed by atoms with Gasteiger partial charge in [0.15, 0.2) is 0 Å². The smallest absolute Gasteiger partial charge is 0.238 e. The maximum Gasteiger partial charge on any atom is 0.238 e. The summed E-state index contributed by atoms with van der Waals surface area (Å²) in [6, 6.07) is 11.8. The Morgan fingerprint density at radius 2 is 1.57 bits per heavy atom. The first-order chi connectivity index (χ1) is 13.3. The van der Waals surface area contributed by atoms with Crippen LogP contribution in [-0.2, 0) is 20.6 Å². The van der Waals surface area contributed by atoms with Gasteiger partial charge in [0.1, 0.15) is 11.6 Å². The Labute approximate surface area is 162 Å². The van der Waals surface area contributed by atoms with E-state index in [9.17, 15) is 22.0 Å². The van der Waals surface area contributed by atoms with Crippen molar-refractivity contribution in [2.24, 2.45) is 0 Å². The van der Waals surface area contributed by atoms with Crippen LogP contribution in [0.4, 0.5) is 14.5 Å². The quantitative estimate of drug-likeness (QED) is 0.793. The molecule has 6 nitrogen and oxygen atoms in total. The number of piperazine rings is 1. The Balaban J connectivity index is 1.50. The van der Waals surface area contributed by atoms with Crippen LogP contribution in [0.5, 0.6) is 0 Å². The SMILES string of the molecule is O=C(CN1CCN(S(=O)(=O)Cc2ccccc2)CC1)Nc1cc(F)cc(F)c1. The second kappa shape index (κ2) is 8.76. The third kappa shape index (κ3) is 5.57. The number of nitrogens with zero attached hydrogens (tertiary/aromatic N) is 2. The van der Waals surface area contributed by atoms with E-state index in [2.05, 4.69) is 5.32 Å². The van der Waals surface area contributed by atoms with Crippen molar-refractivity contribution in [2.45, 2.75) is 5.75 Å². The Hall–Kier alpha value is -2.36. The standard InChI is InChI=1S/C19H21F2N3O3S/c20-16-10-17(21)12-18(11-16)22-19(25)13-23-6-8-24(9-7-23)28(26,27)14-15-4-2-1-3-5-15/h1-5,10-12H,6-9,13-14H2,(H,22,25). The lowest BCUT2D eigenvalue weighted by Crippen LogP contribution is -2.50. The van der Waals surface area contributed by atoms with Crippen molar-refractivity contribution in [3.63, 3.8) is 0 Å². The van der Waals surface area contributed by atoms with E-state index >= 15 is 0 Å². The molecule has 1 saturated heterocycles. The van der Waals surface area contributed by atoms with Gasteiger partial charge in [-0.2, -0.15) is 4.31 Å². The summed E-state index contributed by atoms with van der Waals surface area (Å²) in [7, 11) is -3.42. The molecule has 1 amide bonds. The molecule has 2 aromatic rings. The number of benzene rings is 2. The van der Waals surface area contributed by atoms with Gasteiger partial charge in [0.2, 0.25) is 15.9 Å². The summed E-state index contributed by atoms with van der Waals surface area (Å²) in [5.41, 5.74) is 0.776. The van der Waals surface area contributed by atoms with E-state index in [1.54, 1.807) is 29.2 Å². The third-order valence-electron chi connectivity index (χ3n) is 4.43. The molecule has 0 radical (unpaired) electrons. The summed E-state index contributed by atoms with van der Waals surface area (Å²) in [6.45, 7) is 1.40. The van der Waals surface area contributed by atoms with E-state index in [-0.39, 0.29) is 31.1 Å². The van der Waals surface area contributed by atoms with Crippen LogP contribution in [0.1, 0.15) is 5.56 Å². The first-order valence-electron chi connectivity index (χ1n) is 8.82. The Morgan fingerprint density at radius 1 is 0.964 bits per heavy atom. The number of sulfonamides is 1. The molecule has 0 saturated carbocycles. The summed E-state index contributed by atoms with van der Waals surface area (Å²) >= 11 is 0. The minimum atomic E-state index is -3.42. The molecule has 1 aliphatic heterocycles. The fourth-order valence-electron chi connectivity index (χ4n) is 3.07. The highest BCUT2D eigenvalue weighted by atomic mass is 32.2. The number of anilines is 1. The van der Waals surface area contributed by atoms with Gasteiger partial charge in [0.25, 0.3) is 0 Å². The average Bonchev–Trinajstić information content (AvgIpc) is 2.61. The van der Waals surface area contributed by atoms with Gasteiger partial charge in [-0.05, 0) is 17.7 Å². The molecule has 0 bridgehead atoms. The number of carbonyl (C=O) groups is 1. The second-order valence-electron chi connectivity index (χ2n) is 6.62. The van der Waals surface area contributed by atoms with Crippen molar-refractivity contribution >= 4 is 21.6 Å². The topological polar surface area (TPSA) is 69.7 Å². The molecule has 9 heteroatoms. The van der Waals surface area contributed by atoms with E-state index in [1.807, 2.05) is 6.07 Å². The maximum atomic E-state index is 13.2. The molecule has 0 unspecified atom stereocenters.